The molecule has 3 rings (SSSR count). The Morgan fingerprint density at radius 1 is 1.05 bits per heavy atom. The summed E-state index contributed by atoms with van der Waals surface area (Å²) in [5.74, 6) is 0.149. The Kier molecular flexibility index (Phi) is 3.61. The molecule has 19 heavy (non-hydrogen) atoms. The molecule has 1 aliphatic carbocycles. The predicted octanol–water partition coefficient (Wildman–Crippen LogP) is 1.84. The van der Waals surface area contributed by atoms with Crippen molar-refractivity contribution in [1.29, 1.82) is 0 Å². The highest BCUT2D eigenvalue weighted by Gasteiger charge is 2.45. The van der Waals surface area contributed by atoms with Crippen LogP contribution in [-0.2, 0) is 9.59 Å². The summed E-state index contributed by atoms with van der Waals surface area (Å²) in [4.78, 5) is 26.2. The van der Waals surface area contributed by atoms with Crippen LogP contribution in [0.25, 0.3) is 0 Å². The number of carbonyl (C=O) groups excluding carboxylic acids is 2. The van der Waals surface area contributed by atoms with E-state index in [4.69, 9.17) is 0 Å². The van der Waals surface area contributed by atoms with Crippen LogP contribution in [0.3, 0.4) is 0 Å². The van der Waals surface area contributed by atoms with Crippen LogP contribution in [0.1, 0.15) is 57.8 Å². The number of imide groups is 1. The second-order valence-electron chi connectivity index (χ2n) is 6.61. The van der Waals surface area contributed by atoms with Gasteiger partial charge in [0.15, 0.2) is 0 Å². The molecule has 4 nitrogen and oxygen atoms in total. The Morgan fingerprint density at radius 2 is 1.74 bits per heavy atom. The fourth-order valence-corrected chi connectivity index (χ4v) is 4.02. The smallest absolute Gasteiger partial charge is 0.229 e. The zero-order valence-corrected chi connectivity index (χ0v) is 11.6. The quantitative estimate of drug-likeness (QED) is 0.774. The van der Waals surface area contributed by atoms with Gasteiger partial charge in [-0.25, -0.2) is 0 Å². The van der Waals surface area contributed by atoms with Gasteiger partial charge >= 0.3 is 0 Å². The Balaban J connectivity index is 1.63. The van der Waals surface area contributed by atoms with Gasteiger partial charge in [-0.05, 0) is 37.6 Å². The maximum Gasteiger partial charge on any atom is 0.229 e. The molecule has 2 aliphatic heterocycles. The standard InChI is InChI=1S/C15H24N2O2/c18-13-9-15(6-2-3-7-15)10-14(19)17(13)11-12-5-1-4-8-16-12/h12,16H,1-11H2. The molecule has 0 aromatic heterocycles. The topological polar surface area (TPSA) is 49.4 Å². The molecule has 1 saturated carbocycles. The van der Waals surface area contributed by atoms with Gasteiger partial charge in [-0.2, -0.15) is 0 Å². The van der Waals surface area contributed by atoms with Crippen molar-refractivity contribution in [3.05, 3.63) is 0 Å². The van der Waals surface area contributed by atoms with E-state index in [2.05, 4.69) is 5.32 Å². The fourth-order valence-electron chi connectivity index (χ4n) is 4.02. The SMILES string of the molecule is O=C1CC2(CCCC2)CC(=O)N1CC1CCCCN1. The van der Waals surface area contributed by atoms with Crippen molar-refractivity contribution < 1.29 is 9.59 Å². The van der Waals surface area contributed by atoms with Crippen LogP contribution in [-0.4, -0.2) is 35.8 Å². The van der Waals surface area contributed by atoms with E-state index in [1.54, 1.807) is 0 Å². The number of carbonyl (C=O) groups is 2. The number of piperidine rings is 2. The maximum atomic E-state index is 12.3. The van der Waals surface area contributed by atoms with Gasteiger partial charge in [0.05, 0.1) is 0 Å². The summed E-state index contributed by atoms with van der Waals surface area (Å²) in [6.45, 7) is 1.61. The summed E-state index contributed by atoms with van der Waals surface area (Å²) in [6, 6.07) is 0.319. The zero-order valence-electron chi connectivity index (χ0n) is 11.6. The van der Waals surface area contributed by atoms with Gasteiger partial charge in [-0.15, -0.1) is 0 Å². The van der Waals surface area contributed by atoms with Gasteiger partial charge in [-0.3, -0.25) is 14.5 Å². The number of nitrogens with one attached hydrogen (secondary N) is 1. The number of amides is 2. The summed E-state index contributed by atoms with van der Waals surface area (Å²) >= 11 is 0. The van der Waals surface area contributed by atoms with E-state index < -0.39 is 0 Å². The molecule has 1 N–H and O–H groups in total. The van der Waals surface area contributed by atoms with Crippen LogP contribution in [0.2, 0.25) is 0 Å². The van der Waals surface area contributed by atoms with Crippen LogP contribution in [0.15, 0.2) is 0 Å². The van der Waals surface area contributed by atoms with Gasteiger partial charge < -0.3 is 5.32 Å². The summed E-state index contributed by atoms with van der Waals surface area (Å²) in [6.07, 6.45) is 9.22. The first-order valence-electron chi connectivity index (χ1n) is 7.75. The Morgan fingerprint density at radius 3 is 2.32 bits per heavy atom. The van der Waals surface area contributed by atoms with E-state index in [-0.39, 0.29) is 17.2 Å². The molecular weight excluding hydrogens is 240 g/mol. The average molecular weight is 264 g/mol. The highest BCUT2D eigenvalue weighted by molar-refractivity contribution is 5.98. The van der Waals surface area contributed by atoms with Crippen LogP contribution >= 0.6 is 0 Å². The third-order valence-electron chi connectivity index (χ3n) is 5.13. The number of hydrogen-bond donors (Lipinski definition) is 1. The van der Waals surface area contributed by atoms with Crippen LogP contribution in [0, 0.1) is 5.41 Å². The minimum absolute atomic E-state index is 0.0324. The van der Waals surface area contributed by atoms with Crippen molar-refractivity contribution in [3.8, 4) is 0 Å². The van der Waals surface area contributed by atoms with E-state index in [1.165, 1.54) is 30.6 Å². The third-order valence-corrected chi connectivity index (χ3v) is 5.13. The third kappa shape index (κ3) is 2.69. The Hall–Kier alpha value is -0.900. The summed E-state index contributed by atoms with van der Waals surface area (Å²) in [5.41, 5.74) is 0.0324. The van der Waals surface area contributed by atoms with Crippen LogP contribution in [0.4, 0.5) is 0 Å². The second-order valence-corrected chi connectivity index (χ2v) is 6.61. The summed E-state index contributed by atoms with van der Waals surface area (Å²) in [7, 11) is 0. The van der Waals surface area contributed by atoms with Crippen molar-refractivity contribution in [2.45, 2.75) is 63.8 Å². The molecule has 3 fully saturated rings. The molecule has 0 aromatic carbocycles. The molecule has 1 spiro atoms. The Labute approximate surface area is 114 Å². The summed E-state index contributed by atoms with van der Waals surface area (Å²) < 4.78 is 0. The molecule has 3 aliphatic rings. The highest BCUT2D eigenvalue weighted by atomic mass is 16.2. The van der Waals surface area contributed by atoms with Crippen molar-refractivity contribution in [3.63, 3.8) is 0 Å². The van der Waals surface area contributed by atoms with E-state index in [9.17, 15) is 9.59 Å². The number of hydrogen-bond acceptors (Lipinski definition) is 3. The molecule has 0 aromatic rings. The number of likely N-dealkylation sites (tertiary alicyclic amines) is 1. The van der Waals surface area contributed by atoms with Gasteiger partial charge in [-0.1, -0.05) is 19.3 Å². The van der Waals surface area contributed by atoms with Crippen molar-refractivity contribution in [1.82, 2.24) is 10.2 Å². The molecule has 1 atom stereocenters. The molecule has 2 saturated heterocycles. The van der Waals surface area contributed by atoms with Gasteiger partial charge in [0, 0.05) is 25.4 Å². The molecule has 2 amide bonds. The second kappa shape index (κ2) is 5.23. The molecule has 0 bridgehead atoms. The Bertz CT molecular complexity index is 348. The summed E-state index contributed by atoms with van der Waals surface area (Å²) in [5, 5.41) is 3.42. The van der Waals surface area contributed by atoms with E-state index in [0.29, 0.717) is 25.4 Å². The van der Waals surface area contributed by atoms with Gasteiger partial charge in [0.1, 0.15) is 0 Å². The maximum absolute atomic E-state index is 12.3. The van der Waals surface area contributed by atoms with Crippen LogP contribution < -0.4 is 5.32 Å². The molecule has 0 radical (unpaired) electrons. The van der Waals surface area contributed by atoms with Crippen molar-refractivity contribution in [2.75, 3.05) is 13.1 Å². The lowest BCUT2D eigenvalue weighted by atomic mass is 9.76. The molecule has 4 heteroatoms. The van der Waals surface area contributed by atoms with Crippen molar-refractivity contribution >= 4 is 11.8 Å². The number of nitrogens with zero attached hydrogens (tertiary/aromatic N) is 1. The molecule has 2 heterocycles. The normalized spacial score (nSPS) is 31.2. The highest BCUT2D eigenvalue weighted by Crippen LogP contribution is 2.46. The van der Waals surface area contributed by atoms with E-state index in [0.717, 1.165) is 25.8 Å². The van der Waals surface area contributed by atoms with E-state index in [1.807, 2.05) is 0 Å². The largest absolute Gasteiger partial charge is 0.312 e. The zero-order chi connectivity index (χ0) is 13.3. The predicted molar refractivity (Wildman–Crippen MR) is 72.5 cm³/mol. The number of rotatable bonds is 2. The first-order valence-corrected chi connectivity index (χ1v) is 7.75. The molecule has 1 unspecified atom stereocenters. The van der Waals surface area contributed by atoms with E-state index >= 15 is 0 Å². The first-order chi connectivity index (χ1) is 9.19. The lowest BCUT2D eigenvalue weighted by molar-refractivity contribution is -0.153. The fraction of sp³-hybridized carbons (Fsp3) is 0.867. The first kappa shape index (κ1) is 13.1. The monoisotopic (exact) mass is 264 g/mol. The average Bonchev–Trinajstić information content (AvgIpc) is 2.83. The lowest BCUT2D eigenvalue weighted by Crippen LogP contribution is -2.52. The lowest BCUT2D eigenvalue weighted by Gasteiger charge is -2.39. The van der Waals surface area contributed by atoms with Crippen LogP contribution in [0.5, 0.6) is 0 Å². The van der Waals surface area contributed by atoms with Gasteiger partial charge in [0.2, 0.25) is 11.8 Å². The molecule has 106 valence electrons. The van der Waals surface area contributed by atoms with Crippen molar-refractivity contribution in [2.24, 2.45) is 5.41 Å². The minimum atomic E-state index is 0.0324. The minimum Gasteiger partial charge on any atom is -0.312 e. The van der Waals surface area contributed by atoms with Gasteiger partial charge in [0.25, 0.3) is 0 Å². The molecular formula is C15H24N2O2.